The molecule has 0 spiro atoms. The first kappa shape index (κ1) is 53.8. The number of fused-ring (bicyclic) bond motifs is 1. The van der Waals surface area contributed by atoms with Crippen LogP contribution < -0.4 is 4.74 Å². The molecule has 68 heavy (non-hydrogen) atoms. The molecule has 2 amide bonds. The number of ether oxygens (including phenoxy) is 4. The number of hydrogen-bond acceptors (Lipinski definition) is 13. The normalized spacial score (nSPS) is 22.4. The van der Waals surface area contributed by atoms with Crippen LogP contribution in [0.2, 0.25) is 5.02 Å². The number of cyclic esters (lactones) is 1. The minimum atomic E-state index is -1.44. The molecule has 3 heterocycles. The minimum absolute atomic E-state index is 0.145. The first-order chi connectivity index (χ1) is 32.5. The van der Waals surface area contributed by atoms with Crippen LogP contribution in [-0.2, 0) is 44.8 Å². The number of ketones is 1. The third kappa shape index (κ3) is 15.7. The fourth-order valence-electron chi connectivity index (χ4n) is 8.65. The van der Waals surface area contributed by atoms with Crippen LogP contribution in [0.1, 0.15) is 146 Å². The summed E-state index contributed by atoms with van der Waals surface area (Å²) in [7, 11) is 0. The van der Waals surface area contributed by atoms with E-state index in [-0.39, 0.29) is 48.0 Å². The molecule has 2 aliphatic rings. The van der Waals surface area contributed by atoms with Gasteiger partial charge in [0, 0.05) is 31.5 Å². The molecule has 0 saturated carbocycles. The largest absolute Gasteiger partial charge is 0.508 e. The van der Waals surface area contributed by atoms with Crippen LogP contribution in [0.5, 0.6) is 5.75 Å². The minimum Gasteiger partial charge on any atom is -0.457 e. The average Bonchev–Trinajstić information content (AvgIpc) is 3.84. The lowest BCUT2D eigenvalue weighted by atomic mass is 9.71. The number of nitrogens with zero attached hydrogens (tertiary/aromatic N) is 2. The lowest BCUT2D eigenvalue weighted by molar-refractivity contribution is -0.156. The Morgan fingerprint density at radius 2 is 1.68 bits per heavy atom. The van der Waals surface area contributed by atoms with E-state index < -0.39 is 59.9 Å². The number of hydrogen-bond donors (Lipinski definition) is 1. The Hall–Kier alpha value is -5.18. The van der Waals surface area contributed by atoms with Crippen LogP contribution in [0.25, 0.3) is 10.2 Å². The van der Waals surface area contributed by atoms with E-state index in [0.29, 0.717) is 31.4 Å². The van der Waals surface area contributed by atoms with Gasteiger partial charge in [0.15, 0.2) is 0 Å². The van der Waals surface area contributed by atoms with Gasteiger partial charge in [-0.2, -0.15) is 0 Å². The molecule has 1 N–H and O–H groups in total. The zero-order valence-corrected chi connectivity index (χ0v) is 41.7. The van der Waals surface area contributed by atoms with Gasteiger partial charge in [-0.15, -0.1) is 17.9 Å². The van der Waals surface area contributed by atoms with E-state index >= 15 is 0 Å². The highest BCUT2D eigenvalue weighted by atomic mass is 35.5. The second-order valence-corrected chi connectivity index (χ2v) is 20.3. The number of imide groups is 1. The molecule has 2 aromatic carbocycles. The summed E-state index contributed by atoms with van der Waals surface area (Å²) in [6, 6.07) is 10.6. The van der Waals surface area contributed by atoms with Crippen molar-refractivity contribution < 1.29 is 52.8 Å². The summed E-state index contributed by atoms with van der Waals surface area (Å²) < 4.78 is 24.1. The molecule has 15 heteroatoms. The average molecular weight is 976 g/mol. The standard InChI is InChI=1S/C53H67ClN2O11S/c1-7-17-39-50(35(3)19-16-18-34(2)21-24-42(38-23-26-44-41(31-38)55-36(4)68-44)65-49(61)32-45(57)53(5,6)51(39)62)67-52(63)64-33-37-22-25-43(40(54)30-37)66-48(60)20-14-12-10-8-9-11-13-15-29-56-46(58)27-28-47(56)59/h7,21-23,25-28,30-31,35,39,42,45,50,57H,1,8-20,24,29,32-33H2,2-6H3/b34-21-/t35-,39+,42-,45-,50-/m0/s1. The van der Waals surface area contributed by atoms with Gasteiger partial charge in [0.05, 0.1) is 44.1 Å². The summed E-state index contributed by atoms with van der Waals surface area (Å²) in [5, 5.41) is 12.6. The molecule has 0 bridgehead atoms. The number of amides is 2. The molecule has 0 radical (unpaired) electrons. The van der Waals surface area contributed by atoms with E-state index in [4.69, 9.17) is 30.5 Å². The van der Waals surface area contributed by atoms with Gasteiger partial charge < -0.3 is 24.1 Å². The van der Waals surface area contributed by atoms with Crippen molar-refractivity contribution in [3.8, 4) is 5.75 Å². The fraction of sp³-hybridized carbons (Fsp3) is 0.528. The van der Waals surface area contributed by atoms with Crippen molar-refractivity contribution in [1.82, 2.24) is 9.88 Å². The topological polar surface area (TPSA) is 176 Å². The van der Waals surface area contributed by atoms with Crippen molar-refractivity contribution >= 4 is 68.8 Å². The summed E-state index contributed by atoms with van der Waals surface area (Å²) in [6.45, 7) is 13.2. The third-order valence-electron chi connectivity index (χ3n) is 12.8. The number of allylic oxidation sites excluding steroid dienone is 2. The van der Waals surface area contributed by atoms with E-state index in [1.165, 1.54) is 17.1 Å². The first-order valence-corrected chi connectivity index (χ1v) is 25.1. The number of carbonyl (C=O) groups is 6. The Balaban J connectivity index is 1.13. The van der Waals surface area contributed by atoms with Gasteiger partial charge in [0.2, 0.25) is 0 Å². The van der Waals surface area contributed by atoms with Gasteiger partial charge in [-0.1, -0.05) is 101 Å². The zero-order chi connectivity index (χ0) is 49.4. The highest BCUT2D eigenvalue weighted by Crippen LogP contribution is 2.37. The fourth-order valence-corrected chi connectivity index (χ4v) is 9.69. The van der Waals surface area contributed by atoms with Crippen molar-refractivity contribution in [2.75, 3.05) is 6.54 Å². The van der Waals surface area contributed by atoms with E-state index in [1.54, 1.807) is 49.5 Å². The van der Waals surface area contributed by atoms with Crippen LogP contribution in [0.15, 0.2) is 72.9 Å². The molecular formula is C53H67ClN2O11S. The second-order valence-electron chi connectivity index (χ2n) is 18.6. The van der Waals surface area contributed by atoms with Crippen LogP contribution >= 0.6 is 22.9 Å². The Kier molecular flexibility index (Phi) is 20.5. The van der Waals surface area contributed by atoms with Crippen molar-refractivity contribution in [3.05, 3.63) is 94.0 Å². The number of halogens is 1. The lowest BCUT2D eigenvalue weighted by Gasteiger charge is -2.37. The molecule has 0 fully saturated rings. The van der Waals surface area contributed by atoms with Crippen LogP contribution in [0.3, 0.4) is 0 Å². The maximum Gasteiger partial charge on any atom is 0.508 e. The first-order valence-electron chi connectivity index (χ1n) is 23.9. The summed E-state index contributed by atoms with van der Waals surface area (Å²) in [4.78, 5) is 83.2. The highest BCUT2D eigenvalue weighted by Gasteiger charge is 2.45. The van der Waals surface area contributed by atoms with Gasteiger partial charge >= 0.3 is 18.1 Å². The quantitative estimate of drug-likeness (QED) is 0.0420. The number of Topliss-reactive ketones (excluding diaryl/α,β-unsaturated/α-hetero) is 1. The molecule has 5 atom stereocenters. The van der Waals surface area contributed by atoms with Crippen LogP contribution in [0, 0.1) is 24.2 Å². The van der Waals surface area contributed by atoms with Crippen molar-refractivity contribution in [3.63, 3.8) is 0 Å². The number of aryl methyl sites for hydroxylation is 1. The van der Waals surface area contributed by atoms with Crippen LogP contribution in [0.4, 0.5) is 4.79 Å². The monoisotopic (exact) mass is 974 g/mol. The zero-order valence-electron chi connectivity index (χ0n) is 40.1. The Morgan fingerprint density at radius 1 is 0.985 bits per heavy atom. The number of carbonyl (C=O) groups excluding carboxylic acids is 6. The van der Waals surface area contributed by atoms with Gasteiger partial charge in [-0.3, -0.25) is 28.9 Å². The summed E-state index contributed by atoms with van der Waals surface area (Å²) in [5.74, 6) is -2.96. The van der Waals surface area contributed by atoms with Gasteiger partial charge in [0.25, 0.3) is 11.8 Å². The number of aromatic nitrogens is 1. The number of unbranched alkanes of at least 4 members (excludes halogenated alkanes) is 7. The van der Waals surface area contributed by atoms with Crippen molar-refractivity contribution in [2.24, 2.45) is 17.3 Å². The molecule has 368 valence electrons. The van der Waals surface area contributed by atoms with Gasteiger partial charge in [-0.25, -0.2) is 9.78 Å². The van der Waals surface area contributed by atoms with E-state index in [9.17, 15) is 33.9 Å². The maximum absolute atomic E-state index is 14.5. The Labute approximate surface area is 409 Å². The molecular weight excluding hydrogens is 908 g/mol. The SMILES string of the molecule is C=CC[C@H]1C(=O)C(C)(C)[C@@H](O)CC(=O)O[C@H](c2ccc3sc(C)nc3c2)C/C=C(/C)CCC[C@H](C)[C@@H]1OC(=O)OCc1ccc(OC(=O)CCCCCCCCCCN2C(=O)C=CC2=O)c(Cl)c1. The van der Waals surface area contributed by atoms with Crippen molar-refractivity contribution in [1.29, 1.82) is 0 Å². The predicted molar refractivity (Wildman–Crippen MR) is 262 cm³/mol. The Bertz CT molecular complexity index is 2320. The smallest absolute Gasteiger partial charge is 0.457 e. The summed E-state index contributed by atoms with van der Waals surface area (Å²) in [5.41, 5.74) is 1.78. The molecule has 0 saturated heterocycles. The molecule has 13 nitrogen and oxygen atoms in total. The van der Waals surface area contributed by atoms with Gasteiger partial charge in [-0.05, 0) is 93.7 Å². The number of benzene rings is 2. The summed E-state index contributed by atoms with van der Waals surface area (Å²) >= 11 is 8.08. The van der Waals surface area contributed by atoms with Crippen molar-refractivity contribution in [2.45, 2.75) is 156 Å². The molecule has 1 aromatic heterocycles. The van der Waals surface area contributed by atoms with E-state index in [0.717, 1.165) is 84.1 Å². The maximum atomic E-state index is 14.5. The number of aliphatic hydroxyl groups is 1. The molecule has 2 aliphatic heterocycles. The van der Waals surface area contributed by atoms with E-state index in [1.807, 2.05) is 39.0 Å². The Morgan fingerprint density at radius 3 is 2.37 bits per heavy atom. The second kappa shape index (κ2) is 26.0. The third-order valence-corrected chi connectivity index (χ3v) is 14.1. The lowest BCUT2D eigenvalue weighted by Crippen LogP contribution is -2.47. The number of rotatable bonds is 18. The number of aliphatic hydroxyl groups excluding tert-OH is 1. The number of thiazole rings is 1. The predicted octanol–water partition coefficient (Wildman–Crippen LogP) is 11.6. The van der Waals surface area contributed by atoms with E-state index in [2.05, 4.69) is 17.6 Å². The van der Waals surface area contributed by atoms with Gasteiger partial charge in [0.1, 0.15) is 30.3 Å². The highest BCUT2D eigenvalue weighted by molar-refractivity contribution is 7.18. The molecule has 3 aromatic rings. The molecule has 0 aliphatic carbocycles. The number of esters is 2. The summed E-state index contributed by atoms with van der Waals surface area (Å²) in [6.07, 6.45) is 12.0. The molecule has 0 unspecified atom stereocenters. The van der Waals surface area contributed by atoms with Crippen LogP contribution in [-0.4, -0.2) is 69.4 Å². The molecule has 5 rings (SSSR count).